The average molecular weight is 481 g/mol. The fraction of sp³-hybridized carbons (Fsp3) is 0.174. The first-order chi connectivity index (χ1) is 16.2. The number of carbonyl (C=O) groups is 1. The first kappa shape index (κ1) is 22.9. The van der Waals surface area contributed by atoms with Gasteiger partial charge < -0.3 is 9.84 Å². The average Bonchev–Trinajstić information content (AvgIpc) is 3.16. The molecule has 34 heavy (non-hydrogen) atoms. The van der Waals surface area contributed by atoms with E-state index >= 15 is 0 Å². The monoisotopic (exact) mass is 481 g/mol. The maximum atomic E-state index is 13.2. The fourth-order valence-electron chi connectivity index (χ4n) is 3.82. The Kier molecular flexibility index (Phi) is 6.03. The third-order valence-electron chi connectivity index (χ3n) is 5.46. The number of rotatable bonds is 7. The lowest BCUT2D eigenvalue weighted by molar-refractivity contribution is -0.385. The molecule has 2 aromatic heterocycles. The molecule has 0 bridgehead atoms. The van der Waals surface area contributed by atoms with E-state index in [9.17, 15) is 29.6 Å². The van der Waals surface area contributed by atoms with Gasteiger partial charge in [0.1, 0.15) is 17.1 Å². The Morgan fingerprint density at radius 3 is 2.41 bits per heavy atom. The summed E-state index contributed by atoms with van der Waals surface area (Å²) in [6, 6.07) is 13.1. The zero-order chi connectivity index (χ0) is 24.6. The summed E-state index contributed by atoms with van der Waals surface area (Å²) in [4.78, 5) is 49.8. The number of benzene rings is 2. The van der Waals surface area contributed by atoms with Crippen LogP contribution in [0.15, 0.2) is 58.1 Å². The van der Waals surface area contributed by atoms with E-state index in [0.29, 0.717) is 20.7 Å². The molecule has 0 saturated carbocycles. The third kappa shape index (κ3) is 3.97. The second-order valence-corrected chi connectivity index (χ2v) is 8.50. The van der Waals surface area contributed by atoms with Crippen molar-refractivity contribution in [1.82, 2.24) is 9.13 Å². The Morgan fingerprint density at radius 2 is 1.79 bits per heavy atom. The topological polar surface area (TPSA) is 134 Å². The largest absolute Gasteiger partial charge is 0.497 e. The van der Waals surface area contributed by atoms with E-state index < -0.39 is 28.7 Å². The SMILES string of the molecule is COc1ccc(-c2sc3c(c2C)c(=O)n(CC(=O)O)c(=O)n3Cc2ccccc2[N+](=O)[O-])cc1. The number of carboxylic acids is 1. The summed E-state index contributed by atoms with van der Waals surface area (Å²) in [5, 5.41) is 21.0. The van der Waals surface area contributed by atoms with E-state index in [2.05, 4.69) is 0 Å². The van der Waals surface area contributed by atoms with Crippen LogP contribution in [0.3, 0.4) is 0 Å². The molecule has 0 atom stereocenters. The predicted molar refractivity (Wildman–Crippen MR) is 127 cm³/mol. The highest BCUT2D eigenvalue weighted by atomic mass is 32.1. The highest BCUT2D eigenvalue weighted by molar-refractivity contribution is 7.22. The molecule has 10 nitrogen and oxygen atoms in total. The van der Waals surface area contributed by atoms with E-state index in [1.165, 1.54) is 34.1 Å². The molecule has 1 N–H and O–H groups in total. The van der Waals surface area contributed by atoms with Crippen molar-refractivity contribution in [3.8, 4) is 16.2 Å². The van der Waals surface area contributed by atoms with Crippen LogP contribution in [0.25, 0.3) is 20.7 Å². The van der Waals surface area contributed by atoms with E-state index in [4.69, 9.17) is 4.74 Å². The first-order valence-corrected chi connectivity index (χ1v) is 10.9. The second-order valence-electron chi connectivity index (χ2n) is 7.50. The molecule has 0 amide bonds. The van der Waals surface area contributed by atoms with Gasteiger partial charge in [-0.25, -0.2) is 9.36 Å². The summed E-state index contributed by atoms with van der Waals surface area (Å²) in [6.07, 6.45) is 0. The number of fused-ring (bicyclic) bond motifs is 1. The number of nitro benzene ring substituents is 1. The Morgan fingerprint density at radius 1 is 1.12 bits per heavy atom. The number of nitrogens with zero attached hydrogens (tertiary/aromatic N) is 3. The molecule has 0 aliphatic carbocycles. The van der Waals surface area contributed by atoms with E-state index in [-0.39, 0.29) is 23.2 Å². The maximum absolute atomic E-state index is 13.2. The Hall–Kier alpha value is -4.25. The predicted octanol–water partition coefficient (Wildman–Crippen LogP) is 3.25. The Bertz CT molecular complexity index is 1550. The van der Waals surface area contributed by atoms with Gasteiger partial charge in [0.2, 0.25) is 0 Å². The lowest BCUT2D eigenvalue weighted by Gasteiger charge is -2.11. The highest BCUT2D eigenvalue weighted by Gasteiger charge is 2.23. The number of hydrogen-bond acceptors (Lipinski definition) is 7. The van der Waals surface area contributed by atoms with E-state index in [1.807, 2.05) is 12.1 Å². The van der Waals surface area contributed by atoms with Crippen molar-refractivity contribution in [2.45, 2.75) is 20.0 Å². The number of aromatic nitrogens is 2. The number of methoxy groups -OCH3 is 1. The van der Waals surface area contributed by atoms with Crippen molar-refractivity contribution < 1.29 is 19.6 Å². The van der Waals surface area contributed by atoms with Gasteiger partial charge in [-0.15, -0.1) is 11.3 Å². The number of nitro groups is 1. The minimum absolute atomic E-state index is 0.179. The van der Waals surface area contributed by atoms with Gasteiger partial charge in [-0.1, -0.05) is 18.2 Å². The number of carboxylic acid groups (broad SMARTS) is 1. The number of aryl methyl sites for hydroxylation is 1. The van der Waals surface area contributed by atoms with Gasteiger partial charge in [-0.05, 0) is 42.3 Å². The summed E-state index contributed by atoms with van der Waals surface area (Å²) in [5.74, 6) is -0.696. The lowest BCUT2D eigenvalue weighted by Crippen LogP contribution is -2.41. The van der Waals surface area contributed by atoms with Crippen LogP contribution in [-0.2, 0) is 17.9 Å². The van der Waals surface area contributed by atoms with Crippen molar-refractivity contribution in [2.75, 3.05) is 7.11 Å². The van der Waals surface area contributed by atoms with Gasteiger partial charge >= 0.3 is 11.7 Å². The van der Waals surface area contributed by atoms with Crippen LogP contribution in [0, 0.1) is 17.0 Å². The maximum Gasteiger partial charge on any atom is 0.332 e. The van der Waals surface area contributed by atoms with Crippen LogP contribution in [0.5, 0.6) is 5.75 Å². The van der Waals surface area contributed by atoms with Crippen LogP contribution >= 0.6 is 11.3 Å². The Labute approximate surface area is 196 Å². The normalized spacial score (nSPS) is 11.0. The molecule has 2 heterocycles. The van der Waals surface area contributed by atoms with E-state index in [0.717, 1.165) is 10.4 Å². The van der Waals surface area contributed by atoms with Crippen molar-refractivity contribution in [2.24, 2.45) is 0 Å². The summed E-state index contributed by atoms with van der Waals surface area (Å²) in [6.45, 7) is 0.705. The van der Waals surface area contributed by atoms with Crippen LogP contribution < -0.4 is 16.0 Å². The molecule has 2 aromatic carbocycles. The third-order valence-corrected chi connectivity index (χ3v) is 6.82. The van der Waals surface area contributed by atoms with Gasteiger partial charge in [-0.2, -0.15) is 0 Å². The van der Waals surface area contributed by atoms with Crippen LogP contribution in [0.4, 0.5) is 5.69 Å². The van der Waals surface area contributed by atoms with E-state index in [1.54, 1.807) is 32.2 Å². The van der Waals surface area contributed by atoms with Gasteiger partial charge in [0, 0.05) is 16.5 Å². The summed E-state index contributed by atoms with van der Waals surface area (Å²) in [5.41, 5.74) is -0.107. The molecule has 0 fully saturated rings. The lowest BCUT2D eigenvalue weighted by atomic mass is 10.1. The van der Waals surface area contributed by atoms with Crippen molar-refractivity contribution in [3.05, 3.63) is 90.6 Å². The number of para-hydroxylation sites is 1. The zero-order valence-corrected chi connectivity index (χ0v) is 19.0. The number of ether oxygens (including phenoxy) is 1. The van der Waals surface area contributed by atoms with Gasteiger partial charge in [-0.3, -0.25) is 24.3 Å². The molecule has 11 heteroatoms. The number of thiophene rings is 1. The summed E-state index contributed by atoms with van der Waals surface area (Å²) in [7, 11) is 1.55. The molecular formula is C23H19N3O7S. The Balaban J connectivity index is 2.02. The molecule has 0 aliphatic heterocycles. The van der Waals surface area contributed by atoms with Crippen LogP contribution in [-0.4, -0.2) is 32.2 Å². The van der Waals surface area contributed by atoms with Crippen molar-refractivity contribution in [1.29, 1.82) is 0 Å². The molecular weight excluding hydrogens is 462 g/mol. The summed E-state index contributed by atoms with van der Waals surface area (Å²) < 4.78 is 7.07. The second kappa shape index (κ2) is 8.94. The quantitative estimate of drug-likeness (QED) is 0.316. The van der Waals surface area contributed by atoms with Gasteiger partial charge in [0.25, 0.3) is 11.2 Å². The molecule has 0 saturated heterocycles. The van der Waals surface area contributed by atoms with Crippen molar-refractivity contribution >= 4 is 33.2 Å². The van der Waals surface area contributed by atoms with Crippen molar-refractivity contribution in [3.63, 3.8) is 0 Å². The number of hydrogen-bond donors (Lipinski definition) is 1. The fourth-order valence-corrected chi connectivity index (χ4v) is 5.12. The first-order valence-electron chi connectivity index (χ1n) is 10.1. The highest BCUT2D eigenvalue weighted by Crippen LogP contribution is 2.37. The minimum Gasteiger partial charge on any atom is -0.497 e. The molecule has 4 aromatic rings. The standard InChI is InChI=1S/C23H19N3O7S/c1-13-19-21(29)24(12-18(27)28)23(30)25(11-15-5-3-4-6-17(15)26(31)32)22(19)34-20(13)14-7-9-16(33-2)10-8-14/h3-10H,11-12H2,1-2H3,(H,27,28). The molecule has 0 spiro atoms. The van der Waals surface area contributed by atoms with Gasteiger partial charge in [0.15, 0.2) is 0 Å². The summed E-state index contributed by atoms with van der Waals surface area (Å²) >= 11 is 1.20. The minimum atomic E-state index is -1.35. The zero-order valence-electron chi connectivity index (χ0n) is 18.2. The van der Waals surface area contributed by atoms with Crippen LogP contribution in [0.1, 0.15) is 11.1 Å². The molecule has 0 radical (unpaired) electrons. The molecule has 4 rings (SSSR count). The number of aliphatic carboxylic acids is 1. The van der Waals surface area contributed by atoms with Gasteiger partial charge in [0.05, 0.1) is 24.0 Å². The smallest absolute Gasteiger partial charge is 0.332 e. The van der Waals surface area contributed by atoms with Crippen LogP contribution in [0.2, 0.25) is 0 Å². The molecule has 0 unspecified atom stereocenters. The molecule has 0 aliphatic rings. The molecule has 174 valence electrons.